The Balaban J connectivity index is 1.96. The van der Waals surface area contributed by atoms with Crippen molar-refractivity contribution in [2.24, 2.45) is 0 Å². The minimum Gasteiger partial charge on any atom is -0.497 e. The molecular formula is C11H12O4. The van der Waals surface area contributed by atoms with Crippen LogP contribution in [0.2, 0.25) is 0 Å². The minimum atomic E-state index is -0.343. The van der Waals surface area contributed by atoms with Crippen molar-refractivity contribution in [3.8, 4) is 5.75 Å². The van der Waals surface area contributed by atoms with Crippen LogP contribution in [-0.2, 0) is 9.47 Å². The molecule has 80 valence electrons. The van der Waals surface area contributed by atoms with Gasteiger partial charge in [0.15, 0.2) is 0 Å². The molecule has 1 heterocycles. The topological polar surface area (TPSA) is 48.1 Å². The molecule has 4 heteroatoms. The van der Waals surface area contributed by atoms with E-state index in [1.54, 1.807) is 31.4 Å². The molecule has 0 spiro atoms. The van der Waals surface area contributed by atoms with Crippen molar-refractivity contribution in [3.63, 3.8) is 0 Å². The van der Waals surface area contributed by atoms with E-state index in [0.717, 1.165) is 0 Å². The van der Waals surface area contributed by atoms with Gasteiger partial charge in [0.1, 0.15) is 18.5 Å². The van der Waals surface area contributed by atoms with Gasteiger partial charge in [-0.25, -0.2) is 4.79 Å². The minimum absolute atomic E-state index is 0.0968. The molecule has 1 fully saturated rings. The van der Waals surface area contributed by atoms with E-state index < -0.39 is 0 Å². The molecule has 0 aliphatic carbocycles. The van der Waals surface area contributed by atoms with Gasteiger partial charge in [-0.15, -0.1) is 0 Å². The number of esters is 1. The number of epoxide rings is 1. The molecule has 1 atom stereocenters. The number of carbonyl (C=O) groups is 1. The molecule has 15 heavy (non-hydrogen) atoms. The quantitative estimate of drug-likeness (QED) is 0.552. The third kappa shape index (κ3) is 2.70. The highest BCUT2D eigenvalue weighted by Crippen LogP contribution is 2.15. The molecule has 0 saturated carbocycles. The number of hydrogen-bond acceptors (Lipinski definition) is 4. The van der Waals surface area contributed by atoms with E-state index in [9.17, 15) is 4.79 Å². The molecule has 0 unspecified atom stereocenters. The molecule has 4 nitrogen and oxygen atoms in total. The number of hydrogen-bond donors (Lipinski definition) is 0. The third-order valence-electron chi connectivity index (χ3n) is 2.11. The second-order valence-corrected chi connectivity index (χ2v) is 3.29. The molecule has 0 bridgehead atoms. The predicted molar refractivity (Wildman–Crippen MR) is 53.0 cm³/mol. The fourth-order valence-corrected chi connectivity index (χ4v) is 1.17. The highest BCUT2D eigenvalue weighted by atomic mass is 16.6. The van der Waals surface area contributed by atoms with Crippen molar-refractivity contribution >= 4 is 5.97 Å². The summed E-state index contributed by atoms with van der Waals surface area (Å²) in [5.74, 6) is 0.302. The van der Waals surface area contributed by atoms with E-state index in [0.29, 0.717) is 24.5 Å². The van der Waals surface area contributed by atoms with Gasteiger partial charge in [-0.2, -0.15) is 0 Å². The molecule has 1 saturated heterocycles. The van der Waals surface area contributed by atoms with Crippen LogP contribution >= 0.6 is 0 Å². The van der Waals surface area contributed by atoms with Crippen LogP contribution in [0.5, 0.6) is 5.75 Å². The first-order valence-corrected chi connectivity index (χ1v) is 4.72. The lowest BCUT2D eigenvalue weighted by Crippen LogP contribution is -2.09. The Hall–Kier alpha value is -1.55. The van der Waals surface area contributed by atoms with Crippen LogP contribution in [0.25, 0.3) is 0 Å². The second-order valence-electron chi connectivity index (χ2n) is 3.29. The Morgan fingerprint density at radius 3 is 3.07 bits per heavy atom. The van der Waals surface area contributed by atoms with E-state index in [2.05, 4.69) is 0 Å². The number of ether oxygens (including phenoxy) is 3. The van der Waals surface area contributed by atoms with Gasteiger partial charge in [0.2, 0.25) is 0 Å². The molecule has 0 N–H and O–H groups in total. The number of benzene rings is 1. The van der Waals surface area contributed by atoms with Gasteiger partial charge in [0.05, 0.1) is 19.3 Å². The summed E-state index contributed by atoms with van der Waals surface area (Å²) in [6.45, 7) is 1.02. The Bertz CT molecular complexity index is 357. The van der Waals surface area contributed by atoms with E-state index in [1.165, 1.54) is 0 Å². The first kappa shape index (κ1) is 9.98. The summed E-state index contributed by atoms with van der Waals surface area (Å²) in [5.41, 5.74) is 0.495. The Morgan fingerprint density at radius 2 is 2.40 bits per heavy atom. The summed E-state index contributed by atoms with van der Waals surface area (Å²) in [6.07, 6.45) is 0.0968. The molecule has 1 aromatic rings. The number of carbonyl (C=O) groups excluding carboxylic acids is 1. The Kier molecular flexibility index (Phi) is 2.87. The maximum atomic E-state index is 11.5. The van der Waals surface area contributed by atoms with Crippen molar-refractivity contribution < 1.29 is 19.0 Å². The summed E-state index contributed by atoms with van der Waals surface area (Å²) in [5, 5.41) is 0. The smallest absolute Gasteiger partial charge is 0.338 e. The molecule has 0 amide bonds. The van der Waals surface area contributed by atoms with Gasteiger partial charge in [0, 0.05) is 0 Å². The van der Waals surface area contributed by atoms with Gasteiger partial charge in [-0.1, -0.05) is 6.07 Å². The van der Waals surface area contributed by atoms with E-state index in [-0.39, 0.29) is 12.1 Å². The molecular weight excluding hydrogens is 196 g/mol. The van der Waals surface area contributed by atoms with Gasteiger partial charge < -0.3 is 14.2 Å². The van der Waals surface area contributed by atoms with Crippen LogP contribution in [0, 0.1) is 0 Å². The number of rotatable bonds is 4. The van der Waals surface area contributed by atoms with Crippen LogP contribution in [0.4, 0.5) is 0 Å². The third-order valence-corrected chi connectivity index (χ3v) is 2.11. The van der Waals surface area contributed by atoms with Crippen LogP contribution < -0.4 is 4.74 Å². The fraction of sp³-hybridized carbons (Fsp3) is 0.364. The van der Waals surface area contributed by atoms with Crippen LogP contribution in [0.15, 0.2) is 24.3 Å². The first-order chi connectivity index (χ1) is 7.29. The van der Waals surface area contributed by atoms with E-state index in [1.807, 2.05) is 0 Å². The predicted octanol–water partition coefficient (Wildman–Crippen LogP) is 1.25. The zero-order valence-electron chi connectivity index (χ0n) is 8.43. The van der Waals surface area contributed by atoms with Crippen LogP contribution in [-0.4, -0.2) is 32.4 Å². The summed E-state index contributed by atoms with van der Waals surface area (Å²) >= 11 is 0. The highest BCUT2D eigenvalue weighted by molar-refractivity contribution is 5.89. The van der Waals surface area contributed by atoms with Crippen molar-refractivity contribution in [3.05, 3.63) is 29.8 Å². The first-order valence-electron chi connectivity index (χ1n) is 4.72. The largest absolute Gasteiger partial charge is 0.497 e. The fourth-order valence-electron chi connectivity index (χ4n) is 1.17. The van der Waals surface area contributed by atoms with Crippen molar-refractivity contribution in [2.45, 2.75) is 6.10 Å². The van der Waals surface area contributed by atoms with Crippen LogP contribution in [0.3, 0.4) is 0 Å². The lowest BCUT2D eigenvalue weighted by molar-refractivity contribution is 0.0476. The lowest BCUT2D eigenvalue weighted by Gasteiger charge is -2.04. The van der Waals surface area contributed by atoms with E-state index >= 15 is 0 Å². The van der Waals surface area contributed by atoms with Crippen molar-refractivity contribution in [2.75, 3.05) is 20.3 Å². The molecule has 1 aliphatic rings. The zero-order valence-corrected chi connectivity index (χ0v) is 8.43. The lowest BCUT2D eigenvalue weighted by atomic mass is 10.2. The average Bonchev–Trinajstić information content (AvgIpc) is 3.10. The molecule has 2 rings (SSSR count). The Morgan fingerprint density at radius 1 is 1.60 bits per heavy atom. The van der Waals surface area contributed by atoms with Gasteiger partial charge in [-0.3, -0.25) is 0 Å². The maximum absolute atomic E-state index is 11.5. The molecule has 1 aliphatic heterocycles. The second kappa shape index (κ2) is 4.31. The summed E-state index contributed by atoms with van der Waals surface area (Å²) in [7, 11) is 1.56. The SMILES string of the molecule is COc1cccc(C(=O)OC[C@@H]2CO2)c1. The average molecular weight is 208 g/mol. The number of methoxy groups -OCH3 is 1. The highest BCUT2D eigenvalue weighted by Gasteiger charge is 2.24. The molecule has 1 aromatic carbocycles. The Labute approximate surface area is 87.8 Å². The monoisotopic (exact) mass is 208 g/mol. The van der Waals surface area contributed by atoms with Gasteiger partial charge in [0.25, 0.3) is 0 Å². The summed E-state index contributed by atoms with van der Waals surface area (Å²) < 4.78 is 15.0. The van der Waals surface area contributed by atoms with Gasteiger partial charge >= 0.3 is 5.97 Å². The molecule has 0 radical (unpaired) electrons. The molecule has 0 aromatic heterocycles. The zero-order chi connectivity index (χ0) is 10.7. The van der Waals surface area contributed by atoms with Crippen molar-refractivity contribution in [1.29, 1.82) is 0 Å². The van der Waals surface area contributed by atoms with E-state index in [4.69, 9.17) is 14.2 Å². The maximum Gasteiger partial charge on any atom is 0.338 e. The summed E-state index contributed by atoms with van der Waals surface area (Å²) in [4.78, 5) is 11.5. The van der Waals surface area contributed by atoms with Crippen molar-refractivity contribution in [1.82, 2.24) is 0 Å². The summed E-state index contributed by atoms with van der Waals surface area (Å²) in [6, 6.07) is 6.87. The standard InChI is InChI=1S/C11H12O4/c1-13-9-4-2-3-8(5-9)11(12)15-7-10-6-14-10/h2-5,10H,6-7H2,1H3/t10-/m0/s1. The van der Waals surface area contributed by atoms with Crippen LogP contribution in [0.1, 0.15) is 10.4 Å². The normalized spacial score (nSPS) is 18.3. The van der Waals surface area contributed by atoms with Gasteiger partial charge in [-0.05, 0) is 18.2 Å².